The van der Waals surface area contributed by atoms with Crippen molar-refractivity contribution in [2.45, 2.75) is 20.4 Å². The molecule has 2 heterocycles. The predicted octanol–water partition coefficient (Wildman–Crippen LogP) is 2.29. The summed E-state index contributed by atoms with van der Waals surface area (Å²) in [6, 6.07) is 5.20. The topological polar surface area (TPSA) is 90.0 Å². The van der Waals surface area contributed by atoms with Crippen LogP contribution in [-0.4, -0.2) is 20.6 Å². The Labute approximate surface area is 135 Å². The summed E-state index contributed by atoms with van der Waals surface area (Å²) in [6.07, 6.45) is 1.26. The molecule has 8 heteroatoms. The molecule has 7 nitrogen and oxygen atoms in total. The van der Waals surface area contributed by atoms with Crippen LogP contribution in [0.25, 0.3) is 11.1 Å². The number of nitrogens with zero attached hydrogens (tertiary/aromatic N) is 3. The van der Waals surface area contributed by atoms with Crippen molar-refractivity contribution in [1.29, 1.82) is 0 Å². The van der Waals surface area contributed by atoms with Crippen molar-refractivity contribution < 1.29 is 9.32 Å². The molecule has 0 spiro atoms. The summed E-state index contributed by atoms with van der Waals surface area (Å²) in [5, 5.41) is 7.22. The molecule has 0 saturated carbocycles. The third-order valence-electron chi connectivity index (χ3n) is 3.40. The van der Waals surface area contributed by atoms with E-state index in [-0.39, 0.29) is 29.1 Å². The molecule has 0 aliphatic carbocycles. The van der Waals surface area contributed by atoms with Crippen molar-refractivity contribution in [2.24, 2.45) is 0 Å². The number of nitrogens with one attached hydrogen (secondary N) is 1. The van der Waals surface area contributed by atoms with Gasteiger partial charge >= 0.3 is 0 Å². The van der Waals surface area contributed by atoms with Crippen molar-refractivity contribution >= 4 is 34.3 Å². The van der Waals surface area contributed by atoms with E-state index in [9.17, 15) is 9.59 Å². The van der Waals surface area contributed by atoms with Crippen LogP contribution in [0.3, 0.4) is 0 Å². The van der Waals surface area contributed by atoms with Crippen LogP contribution in [0.15, 0.2) is 33.8 Å². The summed E-state index contributed by atoms with van der Waals surface area (Å²) < 4.78 is 6.13. The van der Waals surface area contributed by atoms with Crippen LogP contribution in [0.1, 0.15) is 11.3 Å². The second kappa shape index (κ2) is 5.85. The molecule has 0 unspecified atom stereocenters. The minimum Gasteiger partial charge on any atom is -0.335 e. The lowest BCUT2D eigenvalue weighted by atomic mass is 10.2. The Bertz CT molecular complexity index is 961. The Kier molecular flexibility index (Phi) is 3.87. The largest absolute Gasteiger partial charge is 0.335 e. The minimum absolute atomic E-state index is 0.162. The Morgan fingerprint density at radius 2 is 2.17 bits per heavy atom. The smallest absolute Gasteiger partial charge is 0.267 e. The van der Waals surface area contributed by atoms with E-state index in [1.54, 1.807) is 25.1 Å². The summed E-state index contributed by atoms with van der Waals surface area (Å²) >= 11 is 6.02. The van der Waals surface area contributed by atoms with Gasteiger partial charge in [-0.2, -0.15) is 0 Å². The van der Waals surface area contributed by atoms with Gasteiger partial charge in [0.05, 0.1) is 5.69 Å². The summed E-state index contributed by atoms with van der Waals surface area (Å²) in [4.78, 5) is 28.4. The van der Waals surface area contributed by atoms with Crippen LogP contribution in [-0.2, 0) is 11.3 Å². The van der Waals surface area contributed by atoms with Crippen molar-refractivity contribution in [3.8, 4) is 0 Å². The van der Waals surface area contributed by atoms with E-state index in [4.69, 9.17) is 16.1 Å². The number of carbonyl (C=O) groups is 1. The van der Waals surface area contributed by atoms with E-state index >= 15 is 0 Å². The lowest BCUT2D eigenvalue weighted by Crippen LogP contribution is -2.27. The lowest BCUT2D eigenvalue weighted by Gasteiger charge is -2.08. The van der Waals surface area contributed by atoms with Crippen LogP contribution < -0.4 is 10.9 Å². The fourth-order valence-corrected chi connectivity index (χ4v) is 2.33. The number of anilines is 1. The first-order valence-corrected chi connectivity index (χ1v) is 7.21. The normalized spacial score (nSPS) is 10.9. The van der Waals surface area contributed by atoms with Gasteiger partial charge in [-0.25, -0.2) is 4.98 Å². The van der Waals surface area contributed by atoms with Gasteiger partial charge in [-0.3, -0.25) is 14.2 Å². The average Bonchev–Trinajstić information content (AvgIpc) is 2.88. The monoisotopic (exact) mass is 332 g/mol. The molecule has 3 rings (SSSR count). The van der Waals surface area contributed by atoms with E-state index in [1.165, 1.54) is 10.9 Å². The quantitative estimate of drug-likeness (QED) is 0.794. The summed E-state index contributed by atoms with van der Waals surface area (Å²) in [6.45, 7) is 3.35. The number of aryl methyl sites for hydroxylation is 2. The van der Waals surface area contributed by atoms with E-state index in [2.05, 4.69) is 15.5 Å². The van der Waals surface area contributed by atoms with Crippen molar-refractivity contribution in [3.63, 3.8) is 0 Å². The summed E-state index contributed by atoms with van der Waals surface area (Å²) in [7, 11) is 0. The highest BCUT2D eigenvalue weighted by atomic mass is 35.5. The molecule has 1 N–H and O–H groups in total. The maximum Gasteiger partial charge on any atom is 0.267 e. The van der Waals surface area contributed by atoms with E-state index in [0.29, 0.717) is 16.4 Å². The number of hydrogen-bond acceptors (Lipinski definition) is 5. The van der Waals surface area contributed by atoms with Crippen LogP contribution >= 0.6 is 11.6 Å². The molecule has 1 aromatic carbocycles. The van der Waals surface area contributed by atoms with E-state index < -0.39 is 0 Å². The molecule has 3 aromatic rings. The number of rotatable bonds is 3. The number of benzene rings is 1. The van der Waals surface area contributed by atoms with Gasteiger partial charge in [0.1, 0.15) is 18.3 Å². The van der Waals surface area contributed by atoms with Gasteiger partial charge in [-0.15, -0.1) is 0 Å². The highest BCUT2D eigenvalue weighted by Gasteiger charge is 2.14. The molecule has 23 heavy (non-hydrogen) atoms. The zero-order valence-electron chi connectivity index (χ0n) is 12.5. The average molecular weight is 333 g/mol. The summed E-state index contributed by atoms with van der Waals surface area (Å²) in [5.41, 5.74) is 1.71. The van der Waals surface area contributed by atoms with Gasteiger partial charge in [0.25, 0.3) is 11.3 Å². The van der Waals surface area contributed by atoms with Crippen LogP contribution in [0.4, 0.5) is 5.69 Å². The molecule has 118 valence electrons. The molecule has 0 saturated heterocycles. The molecule has 0 fully saturated rings. The Morgan fingerprint density at radius 3 is 2.91 bits per heavy atom. The first-order chi connectivity index (χ1) is 11.0. The van der Waals surface area contributed by atoms with Crippen LogP contribution in [0.2, 0.25) is 5.02 Å². The minimum atomic E-state index is -0.370. The van der Waals surface area contributed by atoms with Crippen molar-refractivity contribution in [3.05, 3.63) is 51.2 Å². The van der Waals surface area contributed by atoms with Crippen molar-refractivity contribution in [1.82, 2.24) is 14.7 Å². The first-order valence-electron chi connectivity index (χ1n) is 6.83. The van der Waals surface area contributed by atoms with Gasteiger partial charge < -0.3 is 9.84 Å². The lowest BCUT2D eigenvalue weighted by molar-refractivity contribution is -0.116. The fraction of sp³-hybridized carbons (Fsp3) is 0.200. The van der Waals surface area contributed by atoms with Gasteiger partial charge in [-0.05, 0) is 31.5 Å². The van der Waals surface area contributed by atoms with Crippen molar-refractivity contribution in [2.75, 3.05) is 5.32 Å². The molecule has 1 amide bonds. The third-order valence-corrected chi connectivity index (χ3v) is 3.81. The molecule has 0 aliphatic rings. The number of halogens is 1. The van der Waals surface area contributed by atoms with Gasteiger partial charge in [-0.1, -0.05) is 22.8 Å². The van der Waals surface area contributed by atoms with E-state index in [0.717, 1.165) is 5.56 Å². The molecule has 0 atom stereocenters. The molecule has 2 aromatic heterocycles. The predicted molar refractivity (Wildman–Crippen MR) is 85.6 cm³/mol. The SMILES string of the molecule is Cc1ccc(NC(=O)Cn2cnc3onc(C)c3c2=O)cc1Cl. The molecule has 0 radical (unpaired) electrons. The highest BCUT2D eigenvalue weighted by molar-refractivity contribution is 6.31. The number of carbonyl (C=O) groups excluding carboxylic acids is 1. The Hall–Kier alpha value is -2.67. The fourth-order valence-electron chi connectivity index (χ4n) is 2.15. The van der Waals surface area contributed by atoms with Crippen LogP contribution in [0.5, 0.6) is 0 Å². The molecule has 0 bridgehead atoms. The zero-order valence-corrected chi connectivity index (χ0v) is 13.2. The second-order valence-electron chi connectivity index (χ2n) is 5.14. The first kappa shape index (κ1) is 15.2. The molecular weight excluding hydrogens is 320 g/mol. The second-order valence-corrected chi connectivity index (χ2v) is 5.55. The van der Waals surface area contributed by atoms with E-state index in [1.807, 2.05) is 6.92 Å². The zero-order chi connectivity index (χ0) is 16.6. The van der Waals surface area contributed by atoms with Gasteiger partial charge in [0.15, 0.2) is 0 Å². The molecule has 0 aliphatic heterocycles. The maximum atomic E-state index is 12.3. The summed E-state index contributed by atoms with van der Waals surface area (Å²) in [5.74, 6) is -0.359. The Morgan fingerprint density at radius 1 is 1.39 bits per heavy atom. The third kappa shape index (κ3) is 2.95. The van der Waals surface area contributed by atoms with Crippen LogP contribution in [0, 0.1) is 13.8 Å². The Balaban J connectivity index is 1.82. The van der Waals surface area contributed by atoms with Gasteiger partial charge in [0, 0.05) is 10.7 Å². The number of fused-ring (bicyclic) bond motifs is 1. The number of aromatic nitrogens is 3. The number of amides is 1. The highest BCUT2D eigenvalue weighted by Crippen LogP contribution is 2.19. The maximum absolute atomic E-state index is 12.3. The van der Waals surface area contributed by atoms with Gasteiger partial charge in [0.2, 0.25) is 5.91 Å². The standard InChI is InChI=1S/C15H13ClN4O3/c1-8-3-4-10(5-11(8)16)18-12(21)6-20-7-17-14-13(15(20)22)9(2)19-23-14/h3-5,7H,6H2,1-2H3,(H,18,21). The molecular formula is C15H13ClN4O3. The number of hydrogen-bond donors (Lipinski definition) is 1.